The molecule has 1 heterocycles. The molecule has 0 spiro atoms. The molecule has 0 amide bonds. The molecule has 2 aromatic rings. The maximum absolute atomic E-state index is 13.8. The molecule has 1 aromatic carbocycles. The van der Waals surface area contributed by atoms with Crippen LogP contribution in [0.4, 0.5) is 8.78 Å². The van der Waals surface area contributed by atoms with E-state index in [1.807, 2.05) is 17.8 Å². The van der Waals surface area contributed by atoms with E-state index in [1.54, 1.807) is 0 Å². The minimum absolute atomic E-state index is 0.00974. The molecule has 1 aromatic heterocycles. The summed E-state index contributed by atoms with van der Waals surface area (Å²) in [5, 5.41) is 7.76. The van der Waals surface area contributed by atoms with Gasteiger partial charge in [-0.2, -0.15) is 5.10 Å². The highest BCUT2D eigenvalue weighted by molar-refractivity contribution is 5.21. The van der Waals surface area contributed by atoms with E-state index in [9.17, 15) is 8.78 Å². The van der Waals surface area contributed by atoms with Gasteiger partial charge in [-0.25, -0.2) is 13.5 Å². The van der Waals surface area contributed by atoms with Crippen LogP contribution in [-0.4, -0.2) is 23.4 Å². The van der Waals surface area contributed by atoms with E-state index in [2.05, 4.69) is 10.4 Å². The van der Waals surface area contributed by atoms with Gasteiger partial charge in [0.05, 0.1) is 5.69 Å². The minimum atomic E-state index is -0.463. The Kier molecular flexibility index (Phi) is 6.61. The lowest BCUT2D eigenvalue weighted by atomic mass is 10.0. The molecule has 1 N–H and O–H groups in total. The zero-order chi connectivity index (χ0) is 18.4. The van der Waals surface area contributed by atoms with Crippen molar-refractivity contribution in [3.8, 4) is 5.88 Å². The first-order valence-corrected chi connectivity index (χ1v) is 9.43. The molecule has 3 rings (SSSR count). The van der Waals surface area contributed by atoms with Crippen LogP contribution in [0.25, 0.3) is 0 Å². The molecule has 0 atom stereocenters. The van der Waals surface area contributed by atoms with Gasteiger partial charge in [0, 0.05) is 31.1 Å². The van der Waals surface area contributed by atoms with Crippen molar-refractivity contribution in [2.24, 2.45) is 5.92 Å². The number of halogens is 2. The topological polar surface area (TPSA) is 39.1 Å². The number of ether oxygens (including phenoxy) is 1. The molecular weight excluding hydrogens is 336 g/mol. The average Bonchev–Trinajstić information content (AvgIpc) is 3.28. The lowest BCUT2D eigenvalue weighted by Crippen LogP contribution is -2.11. The van der Waals surface area contributed by atoms with Crippen LogP contribution in [0.15, 0.2) is 24.3 Å². The third-order valence-corrected chi connectivity index (χ3v) is 5.03. The first kappa shape index (κ1) is 18.8. The SMILES string of the molecule is CNCCc1cc(OCc2cc(F)ccc2F)n(CCC2CCCC2)n1. The summed E-state index contributed by atoms with van der Waals surface area (Å²) >= 11 is 0. The molecule has 142 valence electrons. The Labute approximate surface area is 153 Å². The van der Waals surface area contributed by atoms with E-state index >= 15 is 0 Å². The predicted octanol–water partition coefficient (Wildman–Crippen LogP) is 4.08. The van der Waals surface area contributed by atoms with Crippen molar-refractivity contribution >= 4 is 0 Å². The molecule has 0 radical (unpaired) electrons. The summed E-state index contributed by atoms with van der Waals surface area (Å²) in [6.07, 6.45) is 7.10. The molecule has 1 aliphatic rings. The number of likely N-dealkylation sites (N-methyl/N-ethyl adjacent to an activating group) is 1. The van der Waals surface area contributed by atoms with E-state index in [4.69, 9.17) is 4.74 Å². The highest BCUT2D eigenvalue weighted by atomic mass is 19.1. The average molecular weight is 363 g/mol. The standard InChI is InChI=1S/C20H27F2N3O/c1-23-10-8-18-13-20(25(24-18)11-9-15-4-2-3-5-15)26-14-16-12-17(21)6-7-19(16)22/h6-7,12-13,15,23H,2-5,8-11,14H2,1H3. The monoisotopic (exact) mass is 363 g/mol. The molecule has 1 aliphatic carbocycles. The molecule has 0 aliphatic heterocycles. The van der Waals surface area contributed by atoms with Crippen LogP contribution in [0.2, 0.25) is 0 Å². The van der Waals surface area contributed by atoms with E-state index < -0.39 is 11.6 Å². The lowest BCUT2D eigenvalue weighted by Gasteiger charge is -2.12. The lowest BCUT2D eigenvalue weighted by molar-refractivity contribution is 0.262. The largest absolute Gasteiger partial charge is 0.473 e. The van der Waals surface area contributed by atoms with Crippen LogP contribution in [0.3, 0.4) is 0 Å². The molecule has 1 saturated carbocycles. The van der Waals surface area contributed by atoms with Crippen LogP contribution in [-0.2, 0) is 19.6 Å². The van der Waals surface area contributed by atoms with Crippen molar-refractivity contribution in [1.82, 2.24) is 15.1 Å². The zero-order valence-electron chi connectivity index (χ0n) is 15.3. The summed E-state index contributed by atoms with van der Waals surface area (Å²) < 4.78 is 34.8. The van der Waals surface area contributed by atoms with Gasteiger partial charge < -0.3 is 10.1 Å². The minimum Gasteiger partial charge on any atom is -0.473 e. The summed E-state index contributed by atoms with van der Waals surface area (Å²) in [6, 6.07) is 5.32. The van der Waals surface area contributed by atoms with Crippen LogP contribution in [0, 0.1) is 17.6 Å². The highest BCUT2D eigenvalue weighted by Gasteiger charge is 2.17. The van der Waals surface area contributed by atoms with Gasteiger partial charge in [-0.1, -0.05) is 25.7 Å². The first-order chi connectivity index (χ1) is 12.7. The van der Waals surface area contributed by atoms with Crippen molar-refractivity contribution in [2.45, 2.75) is 51.7 Å². The number of aromatic nitrogens is 2. The van der Waals surface area contributed by atoms with E-state index in [-0.39, 0.29) is 12.2 Å². The second-order valence-corrected chi connectivity index (χ2v) is 7.01. The van der Waals surface area contributed by atoms with Crippen molar-refractivity contribution in [3.05, 3.63) is 47.2 Å². The van der Waals surface area contributed by atoms with Crippen molar-refractivity contribution < 1.29 is 13.5 Å². The number of nitrogens with zero attached hydrogens (tertiary/aromatic N) is 2. The van der Waals surface area contributed by atoms with E-state index in [0.717, 1.165) is 49.7 Å². The second kappa shape index (κ2) is 9.12. The number of benzene rings is 1. The Morgan fingerprint density at radius 1 is 1.23 bits per heavy atom. The van der Waals surface area contributed by atoms with Gasteiger partial charge in [0.1, 0.15) is 18.2 Å². The Morgan fingerprint density at radius 3 is 2.81 bits per heavy atom. The smallest absolute Gasteiger partial charge is 0.212 e. The molecule has 0 saturated heterocycles. The van der Waals surface area contributed by atoms with Crippen molar-refractivity contribution in [1.29, 1.82) is 0 Å². The van der Waals surface area contributed by atoms with E-state index in [0.29, 0.717) is 5.88 Å². The molecule has 0 unspecified atom stereocenters. The maximum atomic E-state index is 13.8. The number of nitrogens with one attached hydrogen (secondary N) is 1. The first-order valence-electron chi connectivity index (χ1n) is 9.43. The van der Waals surface area contributed by atoms with Gasteiger partial charge in [0.2, 0.25) is 5.88 Å². The van der Waals surface area contributed by atoms with Gasteiger partial charge in [-0.3, -0.25) is 0 Å². The second-order valence-electron chi connectivity index (χ2n) is 7.01. The molecular formula is C20H27F2N3O. The Morgan fingerprint density at radius 2 is 2.04 bits per heavy atom. The van der Waals surface area contributed by atoms with Crippen LogP contribution in [0.5, 0.6) is 5.88 Å². The number of rotatable bonds is 9. The number of hydrogen-bond donors (Lipinski definition) is 1. The fourth-order valence-corrected chi connectivity index (χ4v) is 3.51. The molecule has 1 fully saturated rings. The molecule has 6 heteroatoms. The quantitative estimate of drug-likeness (QED) is 0.730. The van der Waals surface area contributed by atoms with Crippen LogP contribution < -0.4 is 10.1 Å². The van der Waals surface area contributed by atoms with E-state index in [1.165, 1.54) is 31.7 Å². The third kappa shape index (κ3) is 5.04. The predicted molar refractivity (Wildman–Crippen MR) is 97.1 cm³/mol. The van der Waals surface area contributed by atoms with Crippen LogP contribution >= 0.6 is 0 Å². The van der Waals surface area contributed by atoms with Gasteiger partial charge >= 0.3 is 0 Å². The fraction of sp³-hybridized carbons (Fsp3) is 0.550. The summed E-state index contributed by atoms with van der Waals surface area (Å²) in [5.74, 6) is 0.458. The molecule has 26 heavy (non-hydrogen) atoms. The van der Waals surface area contributed by atoms with Gasteiger partial charge in [0.15, 0.2) is 0 Å². The Bertz CT molecular complexity index is 711. The maximum Gasteiger partial charge on any atom is 0.212 e. The summed E-state index contributed by atoms with van der Waals surface area (Å²) in [6.45, 7) is 1.62. The fourth-order valence-electron chi connectivity index (χ4n) is 3.51. The summed E-state index contributed by atoms with van der Waals surface area (Å²) in [5.41, 5.74) is 1.16. The van der Waals surface area contributed by atoms with Gasteiger partial charge in [0.25, 0.3) is 0 Å². The number of aryl methyl sites for hydroxylation is 1. The van der Waals surface area contributed by atoms with Crippen molar-refractivity contribution in [3.63, 3.8) is 0 Å². The Hall–Kier alpha value is -1.95. The Balaban J connectivity index is 1.68. The zero-order valence-corrected chi connectivity index (χ0v) is 15.3. The normalized spacial score (nSPS) is 14.9. The van der Waals surface area contributed by atoms with Crippen molar-refractivity contribution in [2.75, 3.05) is 13.6 Å². The van der Waals surface area contributed by atoms with Crippen LogP contribution in [0.1, 0.15) is 43.4 Å². The summed E-state index contributed by atoms with van der Waals surface area (Å²) in [4.78, 5) is 0. The summed E-state index contributed by atoms with van der Waals surface area (Å²) in [7, 11) is 1.90. The third-order valence-electron chi connectivity index (χ3n) is 5.03. The molecule has 0 bridgehead atoms. The van der Waals surface area contributed by atoms with Gasteiger partial charge in [-0.15, -0.1) is 0 Å². The molecule has 4 nitrogen and oxygen atoms in total. The van der Waals surface area contributed by atoms with Gasteiger partial charge in [-0.05, 0) is 37.6 Å². The highest BCUT2D eigenvalue weighted by Crippen LogP contribution is 2.28. The number of hydrogen-bond acceptors (Lipinski definition) is 3.